The summed E-state index contributed by atoms with van der Waals surface area (Å²) in [6.45, 7) is 1.75. The SMILES string of the molecule is Cc1noc(-c2cncnc2Nc2ccc(Cl)cc2)n1. The molecule has 0 aliphatic rings. The van der Waals surface area contributed by atoms with Gasteiger partial charge in [-0.3, -0.25) is 0 Å². The second-order valence-electron chi connectivity index (χ2n) is 4.06. The average Bonchev–Trinajstić information content (AvgIpc) is 2.88. The molecule has 3 aromatic rings. The summed E-state index contributed by atoms with van der Waals surface area (Å²) in [5.41, 5.74) is 1.49. The Morgan fingerprint density at radius 2 is 2.00 bits per heavy atom. The summed E-state index contributed by atoms with van der Waals surface area (Å²) in [6, 6.07) is 7.30. The van der Waals surface area contributed by atoms with E-state index in [1.165, 1.54) is 6.33 Å². The number of anilines is 2. The highest BCUT2D eigenvalue weighted by molar-refractivity contribution is 6.30. The maximum absolute atomic E-state index is 5.86. The molecule has 0 aliphatic heterocycles. The molecule has 1 aromatic carbocycles. The topological polar surface area (TPSA) is 76.7 Å². The molecule has 2 heterocycles. The molecule has 0 atom stereocenters. The Labute approximate surface area is 119 Å². The molecule has 1 N–H and O–H groups in total. The first-order chi connectivity index (χ1) is 9.72. The number of rotatable bonds is 3. The maximum Gasteiger partial charge on any atom is 0.263 e. The van der Waals surface area contributed by atoms with E-state index in [-0.39, 0.29) is 0 Å². The second kappa shape index (κ2) is 5.26. The van der Waals surface area contributed by atoms with Crippen molar-refractivity contribution in [2.24, 2.45) is 0 Å². The van der Waals surface area contributed by atoms with Gasteiger partial charge in [-0.2, -0.15) is 4.98 Å². The van der Waals surface area contributed by atoms with Crippen molar-refractivity contribution in [1.29, 1.82) is 0 Å². The minimum absolute atomic E-state index is 0.375. The fourth-order valence-corrected chi connectivity index (χ4v) is 1.79. The fraction of sp³-hybridized carbons (Fsp3) is 0.0769. The van der Waals surface area contributed by atoms with Gasteiger partial charge in [0, 0.05) is 16.9 Å². The number of halogens is 1. The molecule has 7 heteroatoms. The van der Waals surface area contributed by atoms with E-state index < -0.39 is 0 Å². The molecule has 3 rings (SSSR count). The molecule has 0 unspecified atom stereocenters. The predicted octanol–water partition coefficient (Wildman–Crippen LogP) is 3.23. The van der Waals surface area contributed by atoms with Crippen molar-refractivity contribution in [3.8, 4) is 11.5 Å². The minimum atomic E-state index is 0.375. The zero-order valence-corrected chi connectivity index (χ0v) is 11.3. The van der Waals surface area contributed by atoms with Crippen molar-refractivity contribution in [1.82, 2.24) is 20.1 Å². The van der Waals surface area contributed by atoms with Crippen molar-refractivity contribution < 1.29 is 4.52 Å². The van der Waals surface area contributed by atoms with Crippen LogP contribution in [0.15, 0.2) is 41.3 Å². The average molecular weight is 288 g/mol. The number of nitrogens with zero attached hydrogens (tertiary/aromatic N) is 4. The summed E-state index contributed by atoms with van der Waals surface area (Å²) < 4.78 is 5.15. The first-order valence-electron chi connectivity index (χ1n) is 5.85. The molecule has 2 aromatic heterocycles. The quantitative estimate of drug-likeness (QED) is 0.797. The zero-order valence-electron chi connectivity index (χ0n) is 10.5. The Morgan fingerprint density at radius 1 is 1.20 bits per heavy atom. The third-order valence-electron chi connectivity index (χ3n) is 2.58. The summed E-state index contributed by atoms with van der Waals surface area (Å²) in [5, 5.41) is 7.61. The molecule has 0 spiro atoms. The van der Waals surface area contributed by atoms with Gasteiger partial charge in [-0.1, -0.05) is 16.8 Å². The van der Waals surface area contributed by atoms with Crippen LogP contribution in [0.5, 0.6) is 0 Å². The standard InChI is InChI=1S/C13H10ClN5O/c1-8-17-13(20-19-8)11-6-15-7-16-12(11)18-10-4-2-9(14)3-5-10/h2-7H,1H3,(H,15,16,18). The molecule has 0 amide bonds. The van der Waals surface area contributed by atoms with Gasteiger partial charge in [0.1, 0.15) is 17.7 Å². The third-order valence-corrected chi connectivity index (χ3v) is 2.83. The van der Waals surface area contributed by atoms with E-state index in [0.717, 1.165) is 5.69 Å². The van der Waals surface area contributed by atoms with Crippen LogP contribution in [0.3, 0.4) is 0 Å². The van der Waals surface area contributed by atoms with Crippen LogP contribution in [-0.2, 0) is 0 Å². The van der Waals surface area contributed by atoms with E-state index in [0.29, 0.717) is 28.1 Å². The first kappa shape index (κ1) is 12.6. The minimum Gasteiger partial charge on any atom is -0.339 e. The zero-order chi connectivity index (χ0) is 13.9. The Morgan fingerprint density at radius 3 is 2.70 bits per heavy atom. The lowest BCUT2D eigenvalue weighted by molar-refractivity contribution is 0.425. The first-order valence-corrected chi connectivity index (χ1v) is 6.23. The lowest BCUT2D eigenvalue weighted by atomic mass is 10.2. The highest BCUT2D eigenvalue weighted by atomic mass is 35.5. The van der Waals surface area contributed by atoms with Crippen LogP contribution in [-0.4, -0.2) is 20.1 Å². The monoisotopic (exact) mass is 287 g/mol. The lowest BCUT2D eigenvalue weighted by Gasteiger charge is -2.07. The smallest absolute Gasteiger partial charge is 0.263 e. The van der Waals surface area contributed by atoms with Gasteiger partial charge in [0.2, 0.25) is 0 Å². The van der Waals surface area contributed by atoms with Crippen molar-refractivity contribution in [2.75, 3.05) is 5.32 Å². The van der Waals surface area contributed by atoms with Gasteiger partial charge < -0.3 is 9.84 Å². The van der Waals surface area contributed by atoms with Gasteiger partial charge in [0.05, 0.1) is 0 Å². The van der Waals surface area contributed by atoms with Gasteiger partial charge >= 0.3 is 0 Å². The summed E-state index contributed by atoms with van der Waals surface area (Å²) in [7, 11) is 0. The Hall–Kier alpha value is -2.47. The summed E-state index contributed by atoms with van der Waals surface area (Å²) in [6.07, 6.45) is 3.07. The van der Waals surface area contributed by atoms with E-state index in [2.05, 4.69) is 25.4 Å². The molecule has 6 nitrogen and oxygen atoms in total. The number of aromatic nitrogens is 4. The number of aryl methyl sites for hydroxylation is 1. The number of nitrogens with one attached hydrogen (secondary N) is 1. The largest absolute Gasteiger partial charge is 0.339 e. The highest BCUT2D eigenvalue weighted by Crippen LogP contribution is 2.26. The summed E-state index contributed by atoms with van der Waals surface area (Å²) in [4.78, 5) is 12.4. The molecule has 0 fully saturated rings. The van der Waals surface area contributed by atoms with Crippen LogP contribution in [0.2, 0.25) is 5.02 Å². The van der Waals surface area contributed by atoms with E-state index >= 15 is 0 Å². The molecular weight excluding hydrogens is 278 g/mol. The van der Waals surface area contributed by atoms with E-state index in [1.54, 1.807) is 25.3 Å². The van der Waals surface area contributed by atoms with Gasteiger partial charge in [0.15, 0.2) is 5.82 Å². The number of hydrogen-bond donors (Lipinski definition) is 1. The van der Waals surface area contributed by atoms with Crippen molar-refractivity contribution >= 4 is 23.1 Å². The maximum atomic E-state index is 5.86. The Balaban J connectivity index is 1.96. The lowest BCUT2D eigenvalue weighted by Crippen LogP contribution is -1.97. The third kappa shape index (κ3) is 2.60. The molecule has 0 saturated heterocycles. The number of hydrogen-bond acceptors (Lipinski definition) is 6. The van der Waals surface area contributed by atoms with Crippen LogP contribution in [0.25, 0.3) is 11.5 Å². The van der Waals surface area contributed by atoms with Crippen LogP contribution >= 0.6 is 11.6 Å². The molecule has 20 heavy (non-hydrogen) atoms. The van der Waals surface area contributed by atoms with Crippen LogP contribution in [0, 0.1) is 6.92 Å². The van der Waals surface area contributed by atoms with Gasteiger partial charge in [-0.25, -0.2) is 9.97 Å². The molecular formula is C13H10ClN5O. The molecule has 0 bridgehead atoms. The van der Waals surface area contributed by atoms with E-state index in [4.69, 9.17) is 16.1 Å². The second-order valence-corrected chi connectivity index (χ2v) is 4.50. The molecule has 0 aliphatic carbocycles. The summed E-state index contributed by atoms with van der Waals surface area (Å²) in [5.74, 6) is 1.52. The summed E-state index contributed by atoms with van der Waals surface area (Å²) >= 11 is 5.86. The van der Waals surface area contributed by atoms with Gasteiger partial charge in [-0.05, 0) is 31.2 Å². The predicted molar refractivity (Wildman–Crippen MR) is 74.8 cm³/mol. The van der Waals surface area contributed by atoms with E-state index in [1.807, 2.05) is 12.1 Å². The van der Waals surface area contributed by atoms with E-state index in [9.17, 15) is 0 Å². The normalized spacial score (nSPS) is 10.5. The Kier molecular flexibility index (Phi) is 3.30. The van der Waals surface area contributed by atoms with Crippen molar-refractivity contribution in [2.45, 2.75) is 6.92 Å². The van der Waals surface area contributed by atoms with Crippen molar-refractivity contribution in [3.05, 3.63) is 47.6 Å². The van der Waals surface area contributed by atoms with Gasteiger partial charge in [-0.15, -0.1) is 0 Å². The van der Waals surface area contributed by atoms with Crippen LogP contribution in [0.1, 0.15) is 5.82 Å². The fourth-order valence-electron chi connectivity index (χ4n) is 1.66. The van der Waals surface area contributed by atoms with Gasteiger partial charge in [0.25, 0.3) is 5.89 Å². The van der Waals surface area contributed by atoms with Crippen LogP contribution in [0.4, 0.5) is 11.5 Å². The Bertz CT molecular complexity index is 726. The molecule has 100 valence electrons. The highest BCUT2D eigenvalue weighted by Gasteiger charge is 2.13. The van der Waals surface area contributed by atoms with Crippen LogP contribution < -0.4 is 5.32 Å². The molecule has 0 radical (unpaired) electrons. The number of benzene rings is 1. The molecule has 0 saturated carbocycles. The van der Waals surface area contributed by atoms with Crippen molar-refractivity contribution in [3.63, 3.8) is 0 Å².